The molecular formula is C16H17N7OS. The molecule has 0 aliphatic carbocycles. The van der Waals surface area contributed by atoms with Crippen LogP contribution in [0.4, 0.5) is 17.3 Å². The fourth-order valence-corrected chi connectivity index (χ4v) is 3.65. The van der Waals surface area contributed by atoms with Crippen LogP contribution in [-0.2, 0) is 0 Å². The van der Waals surface area contributed by atoms with Gasteiger partial charge in [0.15, 0.2) is 11.5 Å². The van der Waals surface area contributed by atoms with E-state index in [-0.39, 0.29) is 5.69 Å². The number of aromatic nitrogens is 3. The summed E-state index contributed by atoms with van der Waals surface area (Å²) < 4.78 is 0. The van der Waals surface area contributed by atoms with E-state index in [2.05, 4.69) is 30.9 Å². The molecule has 0 radical (unpaired) electrons. The molecule has 1 aliphatic heterocycles. The number of rotatable bonds is 5. The van der Waals surface area contributed by atoms with E-state index >= 15 is 0 Å². The lowest BCUT2D eigenvalue weighted by atomic mass is 10.2. The molecule has 5 N–H and O–H groups in total. The summed E-state index contributed by atoms with van der Waals surface area (Å²) in [5.41, 5.74) is 6.38. The Labute approximate surface area is 147 Å². The van der Waals surface area contributed by atoms with Gasteiger partial charge in [0.25, 0.3) is 5.91 Å². The van der Waals surface area contributed by atoms with Crippen LogP contribution in [0.25, 0.3) is 10.2 Å². The van der Waals surface area contributed by atoms with E-state index in [0.29, 0.717) is 17.7 Å². The molecule has 4 heterocycles. The third-order valence-electron chi connectivity index (χ3n) is 4.02. The van der Waals surface area contributed by atoms with Crippen LogP contribution in [0.3, 0.4) is 0 Å². The lowest BCUT2D eigenvalue weighted by Gasteiger charge is -2.14. The molecule has 0 aromatic carbocycles. The number of carbonyl (C=O) groups excluding carboxylic acids is 1. The fourth-order valence-electron chi connectivity index (χ4n) is 2.81. The van der Waals surface area contributed by atoms with Crippen LogP contribution < -0.4 is 21.7 Å². The maximum Gasteiger partial charge on any atom is 0.271 e. The van der Waals surface area contributed by atoms with Crippen molar-refractivity contribution in [2.45, 2.75) is 12.5 Å². The highest BCUT2D eigenvalue weighted by Crippen LogP contribution is 2.31. The minimum Gasteiger partial charge on any atom is -0.365 e. The van der Waals surface area contributed by atoms with Gasteiger partial charge in [0.05, 0.1) is 11.9 Å². The molecule has 3 aromatic rings. The Balaban J connectivity index is 1.67. The van der Waals surface area contributed by atoms with Crippen LogP contribution in [0.15, 0.2) is 29.9 Å². The monoisotopic (exact) mass is 355 g/mol. The molecule has 4 rings (SSSR count). The zero-order valence-electron chi connectivity index (χ0n) is 13.3. The molecule has 0 spiro atoms. The molecule has 1 atom stereocenters. The van der Waals surface area contributed by atoms with Crippen molar-refractivity contribution in [2.75, 3.05) is 23.7 Å². The van der Waals surface area contributed by atoms with Crippen molar-refractivity contribution < 1.29 is 4.79 Å². The summed E-state index contributed by atoms with van der Waals surface area (Å²) in [4.78, 5) is 25.6. The van der Waals surface area contributed by atoms with Gasteiger partial charge in [-0.25, -0.2) is 15.0 Å². The van der Waals surface area contributed by atoms with Crippen LogP contribution in [0.1, 0.15) is 16.9 Å². The summed E-state index contributed by atoms with van der Waals surface area (Å²) in [7, 11) is 0. The minimum absolute atomic E-state index is 0.110. The Morgan fingerprint density at radius 3 is 3.12 bits per heavy atom. The number of anilines is 3. The number of hydrogen-bond acceptors (Lipinski definition) is 8. The number of nitrogens with one attached hydrogen (secondary N) is 3. The largest absolute Gasteiger partial charge is 0.365 e. The predicted molar refractivity (Wildman–Crippen MR) is 98.4 cm³/mol. The number of hydrogen-bond donors (Lipinski definition) is 4. The van der Waals surface area contributed by atoms with Crippen molar-refractivity contribution in [1.29, 1.82) is 0 Å². The molecule has 128 valence electrons. The number of primary amides is 1. The first-order chi connectivity index (χ1) is 12.2. The van der Waals surface area contributed by atoms with Gasteiger partial charge in [-0.2, -0.15) is 0 Å². The van der Waals surface area contributed by atoms with Gasteiger partial charge in [0.1, 0.15) is 10.6 Å². The second-order valence-corrected chi connectivity index (χ2v) is 6.64. The molecule has 0 bridgehead atoms. The molecule has 3 aromatic heterocycles. The highest BCUT2D eigenvalue weighted by molar-refractivity contribution is 7.17. The number of pyridine rings is 1. The Morgan fingerprint density at radius 2 is 2.32 bits per heavy atom. The predicted octanol–water partition coefficient (Wildman–Crippen LogP) is 1.70. The number of thiophene rings is 1. The standard InChI is InChI=1S/C16H17N7OS/c17-14(24)13-15(22-11-8-25-16-10(11)2-1-4-19-16)23-12(7-20-13)21-9-3-5-18-6-9/h1-2,4,7-9,18H,3,5-6H2,(H2,17,24)(H2,21,22,23). The summed E-state index contributed by atoms with van der Waals surface area (Å²) in [5.74, 6) is 0.326. The summed E-state index contributed by atoms with van der Waals surface area (Å²) in [6.45, 7) is 1.85. The van der Waals surface area contributed by atoms with E-state index in [1.165, 1.54) is 17.5 Å². The summed E-state index contributed by atoms with van der Waals surface area (Å²) in [6, 6.07) is 4.13. The van der Waals surface area contributed by atoms with E-state index in [9.17, 15) is 4.79 Å². The van der Waals surface area contributed by atoms with E-state index in [0.717, 1.165) is 35.4 Å². The topological polar surface area (TPSA) is 118 Å². The van der Waals surface area contributed by atoms with Gasteiger partial charge in [-0.15, -0.1) is 11.3 Å². The van der Waals surface area contributed by atoms with Crippen molar-refractivity contribution in [3.05, 3.63) is 35.6 Å². The van der Waals surface area contributed by atoms with Crippen molar-refractivity contribution in [2.24, 2.45) is 5.73 Å². The lowest BCUT2D eigenvalue weighted by molar-refractivity contribution is 0.0996. The molecule has 8 nitrogen and oxygen atoms in total. The van der Waals surface area contributed by atoms with Crippen molar-refractivity contribution in [3.63, 3.8) is 0 Å². The fraction of sp³-hybridized carbons (Fsp3) is 0.250. The first-order valence-electron chi connectivity index (χ1n) is 7.94. The summed E-state index contributed by atoms with van der Waals surface area (Å²) in [6.07, 6.45) is 4.30. The lowest BCUT2D eigenvalue weighted by Crippen LogP contribution is -2.24. The molecular weight excluding hydrogens is 338 g/mol. The molecule has 9 heteroatoms. The zero-order valence-corrected chi connectivity index (χ0v) is 14.1. The van der Waals surface area contributed by atoms with E-state index in [1.807, 2.05) is 17.5 Å². The maximum atomic E-state index is 11.7. The number of nitrogens with zero attached hydrogens (tertiary/aromatic N) is 3. The Kier molecular flexibility index (Phi) is 4.16. The average Bonchev–Trinajstić information content (AvgIpc) is 3.25. The maximum absolute atomic E-state index is 11.7. The van der Waals surface area contributed by atoms with Crippen molar-refractivity contribution in [3.8, 4) is 0 Å². The van der Waals surface area contributed by atoms with E-state index in [1.54, 1.807) is 6.20 Å². The second-order valence-electron chi connectivity index (χ2n) is 5.78. The number of amides is 1. The molecule has 1 fully saturated rings. The number of fused-ring (bicyclic) bond motifs is 1. The highest BCUT2D eigenvalue weighted by atomic mass is 32.1. The average molecular weight is 355 g/mol. The Hall–Kier alpha value is -2.78. The molecule has 1 unspecified atom stereocenters. The first kappa shape index (κ1) is 15.7. The molecule has 0 saturated carbocycles. The third-order valence-corrected chi connectivity index (χ3v) is 4.92. The molecule has 1 saturated heterocycles. The number of carbonyl (C=O) groups is 1. The first-order valence-corrected chi connectivity index (χ1v) is 8.82. The van der Waals surface area contributed by atoms with Gasteiger partial charge < -0.3 is 21.7 Å². The van der Waals surface area contributed by atoms with Crippen LogP contribution >= 0.6 is 11.3 Å². The Morgan fingerprint density at radius 1 is 1.40 bits per heavy atom. The second kappa shape index (κ2) is 6.61. The van der Waals surface area contributed by atoms with E-state index < -0.39 is 5.91 Å². The summed E-state index contributed by atoms with van der Waals surface area (Å²) in [5, 5.41) is 12.7. The van der Waals surface area contributed by atoms with Crippen molar-refractivity contribution >= 4 is 44.8 Å². The van der Waals surface area contributed by atoms with Gasteiger partial charge >= 0.3 is 0 Å². The minimum atomic E-state index is -0.623. The van der Waals surface area contributed by atoms with Crippen molar-refractivity contribution in [1.82, 2.24) is 20.3 Å². The van der Waals surface area contributed by atoms with Crippen LogP contribution in [0, 0.1) is 0 Å². The van der Waals surface area contributed by atoms with Gasteiger partial charge in [-0.1, -0.05) is 0 Å². The molecule has 1 aliphatic rings. The van der Waals surface area contributed by atoms with Gasteiger partial charge in [-0.3, -0.25) is 4.79 Å². The van der Waals surface area contributed by atoms with Crippen LogP contribution in [-0.4, -0.2) is 40.0 Å². The smallest absolute Gasteiger partial charge is 0.271 e. The zero-order chi connectivity index (χ0) is 17.2. The molecule has 1 amide bonds. The van der Waals surface area contributed by atoms with Gasteiger partial charge in [-0.05, 0) is 25.1 Å². The quantitative estimate of drug-likeness (QED) is 0.550. The molecule has 25 heavy (non-hydrogen) atoms. The van der Waals surface area contributed by atoms with Crippen LogP contribution in [0.2, 0.25) is 0 Å². The van der Waals surface area contributed by atoms with Crippen LogP contribution in [0.5, 0.6) is 0 Å². The third kappa shape index (κ3) is 3.24. The Bertz CT molecular complexity index is 920. The highest BCUT2D eigenvalue weighted by Gasteiger charge is 2.18. The summed E-state index contributed by atoms with van der Waals surface area (Å²) >= 11 is 1.52. The van der Waals surface area contributed by atoms with Gasteiger partial charge in [0.2, 0.25) is 0 Å². The normalized spacial score (nSPS) is 16.9. The number of nitrogens with two attached hydrogens (primary N) is 1. The SMILES string of the molecule is NC(=O)c1ncc(NC2CCNC2)nc1Nc1csc2ncccc12. The van der Waals surface area contributed by atoms with Gasteiger partial charge in [0, 0.05) is 29.5 Å². The van der Waals surface area contributed by atoms with E-state index in [4.69, 9.17) is 5.73 Å².